The lowest BCUT2D eigenvalue weighted by Gasteiger charge is -2.13. The molecule has 5 rings (SSSR count). The Morgan fingerprint density at radius 1 is 0.909 bits per heavy atom. The Morgan fingerprint density at radius 3 is 2.73 bits per heavy atom. The molecule has 2 N–H and O–H groups in total. The molecule has 2 aromatic heterocycles. The molecule has 5 aromatic rings. The van der Waals surface area contributed by atoms with Crippen LogP contribution < -0.4 is 14.8 Å². The first-order chi connectivity index (χ1) is 16.2. The van der Waals surface area contributed by atoms with Crippen LogP contribution in [0.2, 0.25) is 0 Å². The number of aromatic amines is 1. The van der Waals surface area contributed by atoms with E-state index in [-0.39, 0.29) is 0 Å². The molecule has 8 heteroatoms. The summed E-state index contributed by atoms with van der Waals surface area (Å²) in [5.41, 5.74) is 3.53. The maximum Gasteiger partial charge on any atom is 0.162 e. The number of aromatic nitrogens is 4. The first-order valence-corrected chi connectivity index (χ1v) is 10.5. The van der Waals surface area contributed by atoms with Crippen LogP contribution in [0.3, 0.4) is 0 Å². The molecule has 0 aliphatic heterocycles. The second-order valence-corrected chi connectivity index (χ2v) is 7.45. The molecule has 0 saturated heterocycles. The van der Waals surface area contributed by atoms with Gasteiger partial charge in [0, 0.05) is 29.1 Å². The number of nitrogens with zero attached hydrogens (tertiary/aromatic N) is 3. The average Bonchev–Trinajstić information content (AvgIpc) is 3.32. The molecule has 8 nitrogen and oxygen atoms in total. The van der Waals surface area contributed by atoms with E-state index in [9.17, 15) is 0 Å². The molecule has 0 aliphatic carbocycles. The maximum absolute atomic E-state index is 5.81. The van der Waals surface area contributed by atoms with Gasteiger partial charge in [-0.15, -0.1) is 0 Å². The van der Waals surface area contributed by atoms with Crippen molar-refractivity contribution in [3.63, 3.8) is 0 Å². The monoisotopic (exact) mass is 441 g/mol. The Morgan fingerprint density at radius 2 is 1.85 bits per heavy atom. The standard InChI is InChI=1S/C25H23N5O3/c1-31-10-11-33-20-7-9-23-21(14-20)25(27-18-6-8-22-17(12-18)15-26-30-22)29-24(28-23)16-4-3-5-19(13-16)32-2/h3-9,12-15H,10-11H2,1-2H3,(H,26,30)(H,27,28,29). The van der Waals surface area contributed by atoms with Crippen molar-refractivity contribution in [2.24, 2.45) is 0 Å². The lowest BCUT2D eigenvalue weighted by Crippen LogP contribution is -2.04. The van der Waals surface area contributed by atoms with Gasteiger partial charge in [-0.25, -0.2) is 9.97 Å². The summed E-state index contributed by atoms with van der Waals surface area (Å²) in [5.74, 6) is 2.75. The van der Waals surface area contributed by atoms with Gasteiger partial charge < -0.3 is 19.5 Å². The van der Waals surface area contributed by atoms with E-state index >= 15 is 0 Å². The number of anilines is 2. The molecule has 0 unspecified atom stereocenters. The summed E-state index contributed by atoms with van der Waals surface area (Å²) in [4.78, 5) is 9.67. The highest BCUT2D eigenvalue weighted by Crippen LogP contribution is 2.31. The predicted molar refractivity (Wildman–Crippen MR) is 128 cm³/mol. The molecule has 0 fully saturated rings. The number of rotatable bonds is 8. The lowest BCUT2D eigenvalue weighted by atomic mass is 10.1. The van der Waals surface area contributed by atoms with Gasteiger partial charge in [-0.1, -0.05) is 12.1 Å². The van der Waals surface area contributed by atoms with Crippen molar-refractivity contribution >= 4 is 33.3 Å². The van der Waals surface area contributed by atoms with Gasteiger partial charge in [0.15, 0.2) is 5.82 Å². The fourth-order valence-electron chi connectivity index (χ4n) is 3.58. The van der Waals surface area contributed by atoms with Gasteiger partial charge in [0.2, 0.25) is 0 Å². The average molecular weight is 441 g/mol. The van der Waals surface area contributed by atoms with Crippen LogP contribution >= 0.6 is 0 Å². The third-order valence-electron chi connectivity index (χ3n) is 5.25. The van der Waals surface area contributed by atoms with Crippen LogP contribution in [0, 0.1) is 0 Å². The number of hydrogen-bond donors (Lipinski definition) is 2. The molecule has 3 aromatic carbocycles. The highest BCUT2D eigenvalue weighted by molar-refractivity contribution is 5.94. The Balaban J connectivity index is 1.60. The van der Waals surface area contributed by atoms with Crippen molar-refractivity contribution in [3.8, 4) is 22.9 Å². The molecular formula is C25H23N5O3. The molecule has 0 atom stereocenters. The van der Waals surface area contributed by atoms with E-state index in [1.165, 1.54) is 0 Å². The number of nitrogens with one attached hydrogen (secondary N) is 2. The fourth-order valence-corrected chi connectivity index (χ4v) is 3.58. The van der Waals surface area contributed by atoms with Crippen LogP contribution in [-0.2, 0) is 4.74 Å². The molecule has 33 heavy (non-hydrogen) atoms. The largest absolute Gasteiger partial charge is 0.497 e. The van der Waals surface area contributed by atoms with E-state index in [0.29, 0.717) is 24.9 Å². The third-order valence-corrected chi connectivity index (χ3v) is 5.25. The van der Waals surface area contributed by atoms with Crippen molar-refractivity contribution in [1.29, 1.82) is 0 Å². The second-order valence-electron chi connectivity index (χ2n) is 7.45. The third kappa shape index (κ3) is 4.42. The molecular weight excluding hydrogens is 418 g/mol. The Labute approximate surface area is 190 Å². The normalized spacial score (nSPS) is 11.1. The van der Waals surface area contributed by atoms with Crippen molar-refractivity contribution < 1.29 is 14.2 Å². The summed E-state index contributed by atoms with van der Waals surface area (Å²) >= 11 is 0. The van der Waals surface area contributed by atoms with Crippen LogP contribution in [0.1, 0.15) is 0 Å². The summed E-state index contributed by atoms with van der Waals surface area (Å²) in [7, 11) is 3.29. The summed E-state index contributed by atoms with van der Waals surface area (Å²) in [6.45, 7) is 0.976. The molecule has 0 saturated carbocycles. The lowest BCUT2D eigenvalue weighted by molar-refractivity contribution is 0.146. The number of benzene rings is 3. The highest BCUT2D eigenvalue weighted by atomic mass is 16.5. The summed E-state index contributed by atoms with van der Waals surface area (Å²) < 4.78 is 16.3. The van der Waals surface area contributed by atoms with Gasteiger partial charge >= 0.3 is 0 Å². The van der Waals surface area contributed by atoms with Crippen LogP contribution in [0.5, 0.6) is 11.5 Å². The number of hydrogen-bond acceptors (Lipinski definition) is 7. The Kier molecular flexibility index (Phi) is 5.73. The van der Waals surface area contributed by atoms with Crippen molar-refractivity contribution in [3.05, 3.63) is 66.9 Å². The zero-order valence-corrected chi connectivity index (χ0v) is 18.3. The van der Waals surface area contributed by atoms with E-state index in [4.69, 9.17) is 24.2 Å². The minimum atomic E-state index is 0.463. The van der Waals surface area contributed by atoms with E-state index in [1.807, 2.05) is 60.7 Å². The fraction of sp³-hybridized carbons (Fsp3) is 0.160. The highest BCUT2D eigenvalue weighted by Gasteiger charge is 2.12. The maximum atomic E-state index is 5.81. The van der Waals surface area contributed by atoms with Crippen molar-refractivity contribution in [2.45, 2.75) is 0 Å². The first-order valence-electron chi connectivity index (χ1n) is 10.5. The van der Waals surface area contributed by atoms with Gasteiger partial charge in [0.05, 0.1) is 30.9 Å². The summed E-state index contributed by atoms with van der Waals surface area (Å²) in [6, 6.07) is 19.5. The number of ether oxygens (including phenoxy) is 3. The smallest absolute Gasteiger partial charge is 0.162 e. The second kappa shape index (κ2) is 9.13. The minimum Gasteiger partial charge on any atom is -0.497 e. The zero-order valence-electron chi connectivity index (χ0n) is 18.3. The van der Waals surface area contributed by atoms with Crippen LogP contribution in [0.15, 0.2) is 66.9 Å². The van der Waals surface area contributed by atoms with Gasteiger partial charge in [-0.2, -0.15) is 5.10 Å². The molecule has 0 amide bonds. The molecule has 0 spiro atoms. The minimum absolute atomic E-state index is 0.463. The topological polar surface area (TPSA) is 94.2 Å². The quantitative estimate of drug-likeness (QED) is 0.329. The van der Waals surface area contributed by atoms with E-state index in [1.54, 1.807) is 20.4 Å². The number of fused-ring (bicyclic) bond motifs is 2. The van der Waals surface area contributed by atoms with E-state index < -0.39 is 0 Å². The molecule has 0 aliphatic rings. The van der Waals surface area contributed by atoms with Crippen molar-refractivity contribution in [1.82, 2.24) is 20.2 Å². The van der Waals surface area contributed by atoms with Crippen LogP contribution in [0.4, 0.5) is 11.5 Å². The SMILES string of the molecule is COCCOc1ccc2nc(-c3cccc(OC)c3)nc(Nc3ccc4[nH]ncc4c3)c2c1. The number of methoxy groups -OCH3 is 2. The molecule has 0 bridgehead atoms. The van der Waals surface area contributed by atoms with Crippen LogP contribution in [0.25, 0.3) is 33.2 Å². The summed E-state index contributed by atoms with van der Waals surface area (Å²) in [6.07, 6.45) is 1.79. The zero-order chi connectivity index (χ0) is 22.6. The van der Waals surface area contributed by atoms with Crippen molar-refractivity contribution in [2.75, 3.05) is 32.8 Å². The van der Waals surface area contributed by atoms with Crippen LogP contribution in [-0.4, -0.2) is 47.6 Å². The Hall–Kier alpha value is -4.17. The van der Waals surface area contributed by atoms with Gasteiger partial charge in [-0.05, 0) is 48.5 Å². The van der Waals surface area contributed by atoms with Gasteiger partial charge in [0.25, 0.3) is 0 Å². The molecule has 2 heterocycles. The molecule has 166 valence electrons. The van der Waals surface area contributed by atoms with E-state index in [2.05, 4.69) is 15.5 Å². The Bertz CT molecular complexity index is 1420. The molecule has 0 radical (unpaired) electrons. The first kappa shape index (κ1) is 20.7. The predicted octanol–water partition coefficient (Wildman–Crippen LogP) is 4.95. The van der Waals surface area contributed by atoms with Gasteiger partial charge in [-0.3, -0.25) is 5.10 Å². The van der Waals surface area contributed by atoms with Gasteiger partial charge in [0.1, 0.15) is 23.9 Å². The number of H-pyrrole nitrogens is 1. The summed E-state index contributed by atoms with van der Waals surface area (Å²) in [5, 5.41) is 12.4. The van der Waals surface area contributed by atoms with E-state index in [0.717, 1.165) is 44.6 Å².